The highest BCUT2D eigenvalue weighted by molar-refractivity contribution is 5.93. The highest BCUT2D eigenvalue weighted by Crippen LogP contribution is 2.29. The van der Waals surface area contributed by atoms with Gasteiger partial charge >= 0.3 is 0 Å². The highest BCUT2D eigenvalue weighted by atomic mass is 16.5. The Hall–Kier alpha value is -3.22. The summed E-state index contributed by atoms with van der Waals surface area (Å²) in [5, 5.41) is 7.14. The summed E-state index contributed by atoms with van der Waals surface area (Å²) in [6.45, 7) is 0.762. The van der Waals surface area contributed by atoms with Crippen molar-refractivity contribution in [3.05, 3.63) is 53.9 Å². The predicted molar refractivity (Wildman–Crippen MR) is 113 cm³/mol. The molecule has 1 aliphatic heterocycles. The van der Waals surface area contributed by atoms with Gasteiger partial charge in [-0.15, -0.1) is 0 Å². The van der Waals surface area contributed by atoms with Crippen LogP contribution >= 0.6 is 0 Å². The number of likely N-dealkylation sites (tertiary alicyclic amines) is 1. The second-order valence-electron chi connectivity index (χ2n) is 7.52. The van der Waals surface area contributed by atoms with Crippen molar-refractivity contribution in [2.24, 2.45) is 0 Å². The van der Waals surface area contributed by atoms with E-state index in [9.17, 15) is 4.79 Å². The molecule has 3 aromatic rings. The Morgan fingerprint density at radius 3 is 2.83 bits per heavy atom. The molecule has 0 radical (unpaired) electrons. The molecule has 7 nitrogen and oxygen atoms in total. The molecule has 0 bridgehead atoms. The van der Waals surface area contributed by atoms with Crippen LogP contribution in [0, 0.1) is 0 Å². The molecule has 1 amide bonds. The zero-order valence-corrected chi connectivity index (χ0v) is 17.4. The van der Waals surface area contributed by atoms with Gasteiger partial charge in [-0.2, -0.15) is 5.10 Å². The average Bonchev–Trinajstić information content (AvgIpc) is 3.49. The lowest BCUT2D eigenvalue weighted by Crippen LogP contribution is -2.44. The zero-order valence-electron chi connectivity index (χ0n) is 17.4. The maximum Gasteiger partial charge on any atom is 0.274 e. The van der Waals surface area contributed by atoms with Crippen LogP contribution in [0.4, 0.5) is 0 Å². The van der Waals surface area contributed by atoms with E-state index in [0.717, 1.165) is 50.1 Å². The van der Waals surface area contributed by atoms with E-state index in [2.05, 4.69) is 16.3 Å². The van der Waals surface area contributed by atoms with Gasteiger partial charge in [-0.3, -0.25) is 9.89 Å². The third-order valence-electron chi connectivity index (χ3n) is 5.69. The maximum atomic E-state index is 13.2. The molecule has 3 heterocycles. The molecule has 1 aromatic carbocycles. The predicted octanol–water partition coefficient (Wildman–Crippen LogP) is 4.31. The molecule has 4 rings (SSSR count). The number of carbonyl (C=O) groups excluding carboxylic acids is 1. The zero-order chi connectivity index (χ0) is 20.9. The van der Waals surface area contributed by atoms with E-state index in [0.29, 0.717) is 17.1 Å². The molecule has 0 saturated carbocycles. The summed E-state index contributed by atoms with van der Waals surface area (Å²) in [6, 6.07) is 11.6. The number of H-pyrrole nitrogens is 1. The van der Waals surface area contributed by atoms with Crippen LogP contribution in [0.25, 0.3) is 11.5 Å². The molecule has 0 aliphatic carbocycles. The number of aromatic nitrogens is 2. The fourth-order valence-electron chi connectivity index (χ4n) is 4.07. The third kappa shape index (κ3) is 4.20. The number of benzene rings is 1. The first-order chi connectivity index (χ1) is 14.7. The topological polar surface area (TPSA) is 80.6 Å². The number of nitrogens with zero attached hydrogens (tertiary/aromatic N) is 2. The largest absolute Gasteiger partial charge is 0.493 e. The lowest BCUT2D eigenvalue weighted by Gasteiger charge is -2.35. The molecule has 1 fully saturated rings. The minimum absolute atomic E-state index is 0.0268. The SMILES string of the molecule is COc1ccc(CCC2CCCCN2C(=O)c2cc(-c3ccco3)[nH]n2)cc1OC. The van der Waals surface area contributed by atoms with E-state index in [1.54, 1.807) is 26.5 Å². The molecule has 7 heteroatoms. The Labute approximate surface area is 176 Å². The van der Waals surface area contributed by atoms with E-state index < -0.39 is 0 Å². The van der Waals surface area contributed by atoms with Crippen LogP contribution in [-0.2, 0) is 6.42 Å². The summed E-state index contributed by atoms with van der Waals surface area (Å²) in [5.74, 6) is 2.10. The number of ether oxygens (including phenoxy) is 2. The van der Waals surface area contributed by atoms with Gasteiger partial charge in [-0.05, 0) is 61.9 Å². The molecular weight excluding hydrogens is 382 g/mol. The van der Waals surface area contributed by atoms with Gasteiger partial charge in [0.15, 0.2) is 23.0 Å². The Bertz CT molecular complexity index is 980. The summed E-state index contributed by atoms with van der Waals surface area (Å²) in [7, 11) is 3.28. The minimum atomic E-state index is -0.0268. The van der Waals surface area contributed by atoms with Crippen molar-refractivity contribution in [1.29, 1.82) is 0 Å². The van der Waals surface area contributed by atoms with E-state index >= 15 is 0 Å². The van der Waals surface area contributed by atoms with Crippen molar-refractivity contribution >= 4 is 5.91 Å². The van der Waals surface area contributed by atoms with Crippen LogP contribution < -0.4 is 9.47 Å². The number of hydrogen-bond donors (Lipinski definition) is 1. The number of hydrogen-bond acceptors (Lipinski definition) is 5. The van der Waals surface area contributed by atoms with E-state index in [4.69, 9.17) is 13.9 Å². The number of nitrogens with one attached hydrogen (secondary N) is 1. The first kappa shape index (κ1) is 20.1. The smallest absolute Gasteiger partial charge is 0.274 e. The molecule has 1 unspecified atom stereocenters. The Balaban J connectivity index is 1.45. The molecule has 1 aliphatic rings. The summed E-state index contributed by atoms with van der Waals surface area (Å²) in [6.07, 6.45) is 6.54. The van der Waals surface area contributed by atoms with Crippen molar-refractivity contribution in [3.63, 3.8) is 0 Å². The Morgan fingerprint density at radius 1 is 1.20 bits per heavy atom. The number of carbonyl (C=O) groups is 1. The van der Waals surface area contributed by atoms with Gasteiger partial charge in [-0.25, -0.2) is 0 Å². The molecule has 1 N–H and O–H groups in total. The summed E-state index contributed by atoms with van der Waals surface area (Å²) in [4.78, 5) is 15.1. The number of rotatable bonds is 7. The van der Waals surface area contributed by atoms with Crippen molar-refractivity contribution in [1.82, 2.24) is 15.1 Å². The normalized spacial score (nSPS) is 16.5. The number of piperidine rings is 1. The minimum Gasteiger partial charge on any atom is -0.493 e. The standard InChI is InChI=1S/C23H27N3O4/c1-28-21-11-9-16(14-22(21)29-2)8-10-17-6-3-4-12-26(17)23(27)19-15-18(24-25-19)20-7-5-13-30-20/h5,7,9,11,13-15,17H,3-4,6,8,10,12H2,1-2H3,(H,24,25). The summed E-state index contributed by atoms with van der Waals surface area (Å²) < 4.78 is 16.1. The van der Waals surface area contributed by atoms with E-state index in [1.165, 1.54) is 5.56 Å². The van der Waals surface area contributed by atoms with Crippen LogP contribution in [0.2, 0.25) is 0 Å². The number of aryl methyl sites for hydroxylation is 1. The molecule has 0 spiro atoms. The van der Waals surface area contributed by atoms with Gasteiger partial charge in [0.1, 0.15) is 5.69 Å². The second kappa shape index (κ2) is 9.07. The monoisotopic (exact) mass is 409 g/mol. The van der Waals surface area contributed by atoms with Gasteiger partial charge < -0.3 is 18.8 Å². The average molecular weight is 409 g/mol. The first-order valence-corrected chi connectivity index (χ1v) is 10.3. The maximum absolute atomic E-state index is 13.2. The number of aromatic amines is 1. The number of methoxy groups -OCH3 is 2. The summed E-state index contributed by atoms with van der Waals surface area (Å²) in [5.41, 5.74) is 2.31. The first-order valence-electron chi connectivity index (χ1n) is 10.3. The van der Waals surface area contributed by atoms with E-state index in [1.807, 2.05) is 29.2 Å². The third-order valence-corrected chi connectivity index (χ3v) is 5.69. The fraction of sp³-hybridized carbons (Fsp3) is 0.391. The quantitative estimate of drug-likeness (QED) is 0.629. The summed E-state index contributed by atoms with van der Waals surface area (Å²) >= 11 is 0. The van der Waals surface area contributed by atoms with Gasteiger partial charge in [0, 0.05) is 18.7 Å². The lowest BCUT2D eigenvalue weighted by molar-refractivity contribution is 0.0596. The van der Waals surface area contributed by atoms with Crippen LogP contribution in [0.3, 0.4) is 0 Å². The number of amides is 1. The molecule has 30 heavy (non-hydrogen) atoms. The second-order valence-corrected chi connectivity index (χ2v) is 7.52. The molecular formula is C23H27N3O4. The Morgan fingerprint density at radius 2 is 2.07 bits per heavy atom. The lowest BCUT2D eigenvalue weighted by atomic mass is 9.95. The van der Waals surface area contributed by atoms with Crippen molar-refractivity contribution < 1.29 is 18.7 Å². The Kier molecular flexibility index (Phi) is 6.07. The van der Waals surface area contributed by atoms with Crippen LogP contribution in [-0.4, -0.2) is 47.8 Å². The van der Waals surface area contributed by atoms with Crippen LogP contribution in [0.15, 0.2) is 47.1 Å². The van der Waals surface area contributed by atoms with Crippen LogP contribution in [0.1, 0.15) is 41.7 Å². The number of furan rings is 1. The van der Waals surface area contributed by atoms with Gasteiger partial charge in [0.25, 0.3) is 5.91 Å². The van der Waals surface area contributed by atoms with Crippen molar-refractivity contribution in [2.75, 3.05) is 20.8 Å². The van der Waals surface area contributed by atoms with Gasteiger partial charge in [0.05, 0.1) is 20.5 Å². The van der Waals surface area contributed by atoms with Crippen LogP contribution in [0.5, 0.6) is 11.5 Å². The fourth-order valence-corrected chi connectivity index (χ4v) is 4.07. The molecule has 1 atom stereocenters. The molecule has 1 saturated heterocycles. The van der Waals surface area contributed by atoms with Gasteiger partial charge in [-0.1, -0.05) is 6.07 Å². The highest BCUT2D eigenvalue weighted by Gasteiger charge is 2.29. The van der Waals surface area contributed by atoms with Crippen molar-refractivity contribution in [3.8, 4) is 23.0 Å². The molecule has 158 valence electrons. The van der Waals surface area contributed by atoms with Crippen molar-refractivity contribution in [2.45, 2.75) is 38.1 Å². The van der Waals surface area contributed by atoms with Gasteiger partial charge in [0.2, 0.25) is 0 Å². The van der Waals surface area contributed by atoms with E-state index in [-0.39, 0.29) is 11.9 Å². The molecule has 2 aromatic heterocycles.